The van der Waals surface area contributed by atoms with Crippen molar-refractivity contribution in [1.29, 1.82) is 0 Å². The van der Waals surface area contributed by atoms with E-state index in [1.54, 1.807) is 28.0 Å². The summed E-state index contributed by atoms with van der Waals surface area (Å²) in [4.78, 5) is 31.6. The minimum atomic E-state index is -0.0955. The Kier molecular flexibility index (Phi) is 4.94. The fourth-order valence-corrected chi connectivity index (χ4v) is 2.41. The van der Waals surface area contributed by atoms with Crippen molar-refractivity contribution >= 4 is 27.9 Å². The van der Waals surface area contributed by atoms with Gasteiger partial charge in [0.05, 0.1) is 0 Å². The minimum absolute atomic E-state index is 0.0693. The molecule has 20 heavy (non-hydrogen) atoms. The molecule has 0 aromatic carbocycles. The number of pyridine rings is 1. The van der Waals surface area contributed by atoms with Crippen LogP contribution in [0.2, 0.25) is 0 Å². The van der Waals surface area contributed by atoms with Crippen LogP contribution in [0.4, 0.5) is 4.79 Å². The van der Waals surface area contributed by atoms with E-state index >= 15 is 0 Å². The van der Waals surface area contributed by atoms with E-state index in [1.807, 2.05) is 6.92 Å². The molecule has 0 saturated carbocycles. The van der Waals surface area contributed by atoms with Gasteiger partial charge in [0.15, 0.2) is 0 Å². The first-order valence-electron chi connectivity index (χ1n) is 6.56. The molecule has 1 aliphatic rings. The molecular weight excluding hydrogens is 324 g/mol. The zero-order valence-electron chi connectivity index (χ0n) is 11.3. The number of nitrogens with zero attached hydrogens (tertiary/aromatic N) is 3. The minimum Gasteiger partial charge on any atom is -0.338 e. The fraction of sp³-hybridized carbons (Fsp3) is 0.462. The molecule has 1 aliphatic heterocycles. The molecule has 7 heteroatoms. The predicted octanol–water partition coefficient (Wildman–Crippen LogP) is 1.33. The molecule has 1 fully saturated rings. The Hall–Kier alpha value is -1.63. The van der Waals surface area contributed by atoms with E-state index in [0.717, 1.165) is 0 Å². The van der Waals surface area contributed by atoms with Gasteiger partial charge in [-0.25, -0.2) is 9.78 Å². The first-order valence-corrected chi connectivity index (χ1v) is 7.35. The Morgan fingerprint density at radius 2 is 1.90 bits per heavy atom. The summed E-state index contributed by atoms with van der Waals surface area (Å²) in [5.74, 6) is -0.0955. The lowest BCUT2D eigenvalue weighted by Gasteiger charge is -2.34. The largest absolute Gasteiger partial charge is 0.338 e. The SMILES string of the molecule is CCNC(=O)N1CCN(C(=O)c2cccc(Br)n2)CC1. The monoisotopic (exact) mass is 340 g/mol. The van der Waals surface area contributed by atoms with Crippen LogP contribution in [0, 0.1) is 0 Å². The van der Waals surface area contributed by atoms with Crippen LogP contribution >= 0.6 is 15.9 Å². The average Bonchev–Trinajstić information content (AvgIpc) is 2.47. The second kappa shape index (κ2) is 6.69. The summed E-state index contributed by atoms with van der Waals surface area (Å²) in [7, 11) is 0. The number of nitrogens with one attached hydrogen (secondary N) is 1. The van der Waals surface area contributed by atoms with Gasteiger partial charge < -0.3 is 15.1 Å². The van der Waals surface area contributed by atoms with Crippen LogP contribution in [-0.4, -0.2) is 59.4 Å². The third-order valence-corrected chi connectivity index (χ3v) is 3.56. The van der Waals surface area contributed by atoms with Gasteiger partial charge in [0.2, 0.25) is 0 Å². The van der Waals surface area contributed by atoms with E-state index in [2.05, 4.69) is 26.2 Å². The van der Waals surface area contributed by atoms with Crippen LogP contribution in [0.15, 0.2) is 22.8 Å². The number of halogens is 1. The van der Waals surface area contributed by atoms with Crippen molar-refractivity contribution in [3.63, 3.8) is 0 Å². The Morgan fingerprint density at radius 3 is 2.50 bits per heavy atom. The first-order chi connectivity index (χ1) is 9.61. The Balaban J connectivity index is 1.93. The summed E-state index contributed by atoms with van der Waals surface area (Å²) >= 11 is 3.26. The average molecular weight is 341 g/mol. The molecule has 3 amide bonds. The van der Waals surface area contributed by atoms with E-state index in [0.29, 0.717) is 43.0 Å². The van der Waals surface area contributed by atoms with Crippen molar-refractivity contribution in [3.05, 3.63) is 28.5 Å². The van der Waals surface area contributed by atoms with E-state index < -0.39 is 0 Å². The molecular formula is C13H17BrN4O2. The van der Waals surface area contributed by atoms with Gasteiger partial charge >= 0.3 is 6.03 Å². The van der Waals surface area contributed by atoms with Crippen molar-refractivity contribution in [1.82, 2.24) is 20.1 Å². The number of amides is 3. The zero-order valence-corrected chi connectivity index (χ0v) is 12.9. The van der Waals surface area contributed by atoms with Gasteiger partial charge in [0, 0.05) is 32.7 Å². The molecule has 2 heterocycles. The molecule has 1 N–H and O–H groups in total. The molecule has 0 radical (unpaired) electrons. The van der Waals surface area contributed by atoms with E-state index in [-0.39, 0.29) is 11.9 Å². The summed E-state index contributed by atoms with van der Waals surface area (Å²) in [5, 5.41) is 2.76. The van der Waals surface area contributed by atoms with Crippen molar-refractivity contribution in [2.24, 2.45) is 0 Å². The molecule has 0 spiro atoms. The smallest absolute Gasteiger partial charge is 0.317 e. The topological polar surface area (TPSA) is 65.5 Å². The number of rotatable bonds is 2. The number of piperazine rings is 1. The molecule has 0 aliphatic carbocycles. The Morgan fingerprint density at radius 1 is 1.25 bits per heavy atom. The molecule has 6 nitrogen and oxygen atoms in total. The van der Waals surface area contributed by atoms with Gasteiger partial charge in [-0.1, -0.05) is 6.07 Å². The number of aromatic nitrogens is 1. The van der Waals surface area contributed by atoms with Crippen LogP contribution in [-0.2, 0) is 0 Å². The maximum Gasteiger partial charge on any atom is 0.317 e. The summed E-state index contributed by atoms with van der Waals surface area (Å²) in [6.07, 6.45) is 0. The van der Waals surface area contributed by atoms with Crippen LogP contribution in [0.1, 0.15) is 17.4 Å². The summed E-state index contributed by atoms with van der Waals surface area (Å²) in [6.45, 7) is 4.65. The molecule has 0 unspecified atom stereocenters. The number of carbonyl (C=O) groups excluding carboxylic acids is 2. The van der Waals surface area contributed by atoms with Crippen LogP contribution in [0.5, 0.6) is 0 Å². The third-order valence-electron chi connectivity index (χ3n) is 3.12. The van der Waals surface area contributed by atoms with Gasteiger partial charge in [0.25, 0.3) is 5.91 Å². The van der Waals surface area contributed by atoms with Crippen molar-refractivity contribution in [2.45, 2.75) is 6.92 Å². The highest BCUT2D eigenvalue weighted by Gasteiger charge is 2.25. The molecule has 1 aromatic rings. The molecule has 1 saturated heterocycles. The third kappa shape index (κ3) is 3.47. The molecule has 2 rings (SSSR count). The van der Waals surface area contributed by atoms with Gasteiger partial charge in [0.1, 0.15) is 10.3 Å². The quantitative estimate of drug-likeness (QED) is 0.826. The fourth-order valence-electron chi connectivity index (χ4n) is 2.07. The van der Waals surface area contributed by atoms with Crippen LogP contribution < -0.4 is 5.32 Å². The second-order valence-corrected chi connectivity index (χ2v) is 5.27. The van der Waals surface area contributed by atoms with Crippen molar-refractivity contribution in [3.8, 4) is 0 Å². The van der Waals surface area contributed by atoms with Gasteiger partial charge in [-0.15, -0.1) is 0 Å². The van der Waals surface area contributed by atoms with E-state index in [9.17, 15) is 9.59 Å². The molecule has 0 atom stereocenters. The van der Waals surface area contributed by atoms with Gasteiger partial charge in [-0.05, 0) is 35.0 Å². The van der Waals surface area contributed by atoms with E-state index in [1.165, 1.54) is 0 Å². The lowest BCUT2D eigenvalue weighted by atomic mass is 10.2. The van der Waals surface area contributed by atoms with E-state index in [4.69, 9.17) is 0 Å². The lowest BCUT2D eigenvalue weighted by molar-refractivity contribution is 0.0659. The van der Waals surface area contributed by atoms with Gasteiger partial charge in [-0.2, -0.15) is 0 Å². The summed E-state index contributed by atoms with van der Waals surface area (Å²) < 4.78 is 0.643. The normalized spacial score (nSPS) is 15.1. The first kappa shape index (κ1) is 14.8. The second-order valence-electron chi connectivity index (χ2n) is 4.46. The van der Waals surface area contributed by atoms with Gasteiger partial charge in [-0.3, -0.25) is 4.79 Å². The lowest BCUT2D eigenvalue weighted by Crippen LogP contribution is -2.53. The molecule has 0 bridgehead atoms. The highest BCUT2D eigenvalue weighted by molar-refractivity contribution is 9.10. The Bertz CT molecular complexity index is 501. The summed E-state index contributed by atoms with van der Waals surface area (Å²) in [5.41, 5.74) is 0.422. The summed E-state index contributed by atoms with van der Waals surface area (Å²) in [6, 6.07) is 5.20. The maximum absolute atomic E-state index is 12.3. The van der Waals surface area contributed by atoms with Crippen molar-refractivity contribution < 1.29 is 9.59 Å². The number of carbonyl (C=O) groups is 2. The number of urea groups is 1. The highest BCUT2D eigenvalue weighted by Crippen LogP contribution is 2.10. The standard InChI is InChI=1S/C13H17BrN4O2/c1-2-15-13(20)18-8-6-17(7-9-18)12(19)10-4-3-5-11(14)16-10/h3-5H,2,6-9H2,1H3,(H,15,20). The highest BCUT2D eigenvalue weighted by atomic mass is 79.9. The zero-order chi connectivity index (χ0) is 14.5. The maximum atomic E-state index is 12.3. The predicted molar refractivity (Wildman–Crippen MR) is 78.5 cm³/mol. The van der Waals surface area contributed by atoms with Crippen molar-refractivity contribution in [2.75, 3.05) is 32.7 Å². The van der Waals surface area contributed by atoms with Crippen LogP contribution in [0.3, 0.4) is 0 Å². The van der Waals surface area contributed by atoms with Crippen LogP contribution in [0.25, 0.3) is 0 Å². The molecule has 108 valence electrons. The number of hydrogen-bond donors (Lipinski definition) is 1. The number of hydrogen-bond acceptors (Lipinski definition) is 3. The Labute approximate surface area is 126 Å². The molecule has 1 aromatic heterocycles.